The predicted molar refractivity (Wildman–Crippen MR) is 82.6 cm³/mol. The Morgan fingerprint density at radius 2 is 1.95 bits per heavy atom. The Labute approximate surface area is 129 Å². The first-order valence-electron chi connectivity index (χ1n) is 5.86. The molecule has 0 saturated heterocycles. The molecule has 2 nitrogen and oxygen atoms in total. The minimum absolute atomic E-state index is 0.108. The van der Waals surface area contributed by atoms with E-state index < -0.39 is 5.82 Å². The molecule has 0 spiro atoms. The van der Waals surface area contributed by atoms with Crippen molar-refractivity contribution in [3.8, 4) is 0 Å². The predicted octanol–water partition coefficient (Wildman–Crippen LogP) is 5.19. The third kappa shape index (κ3) is 2.46. The van der Waals surface area contributed by atoms with Gasteiger partial charge in [0.05, 0.1) is 22.6 Å². The van der Waals surface area contributed by atoms with E-state index in [-0.39, 0.29) is 5.02 Å². The zero-order chi connectivity index (χ0) is 14.3. The third-order valence-corrected chi connectivity index (χ3v) is 3.91. The number of hydrogen-bond donors (Lipinski definition) is 1. The van der Waals surface area contributed by atoms with Gasteiger partial charge >= 0.3 is 0 Å². The number of fused-ring (bicyclic) bond motifs is 1. The fraction of sp³-hybridized carbons (Fsp3) is 0.0714. The molecule has 0 bridgehead atoms. The lowest BCUT2D eigenvalue weighted by molar-refractivity contribution is 0.627. The summed E-state index contributed by atoms with van der Waals surface area (Å²) in [4.78, 5) is 3.10. The number of H-pyrrole nitrogens is 1. The van der Waals surface area contributed by atoms with Crippen LogP contribution in [0.25, 0.3) is 11.0 Å². The molecule has 20 heavy (non-hydrogen) atoms. The molecule has 6 heteroatoms. The van der Waals surface area contributed by atoms with Crippen molar-refractivity contribution in [2.75, 3.05) is 0 Å². The summed E-state index contributed by atoms with van der Waals surface area (Å²) in [6, 6.07) is 10.2. The van der Waals surface area contributed by atoms with Crippen molar-refractivity contribution < 1.29 is 4.39 Å². The van der Waals surface area contributed by atoms with Crippen LogP contribution in [-0.4, -0.2) is 9.55 Å². The van der Waals surface area contributed by atoms with Crippen molar-refractivity contribution in [3.63, 3.8) is 0 Å². The van der Waals surface area contributed by atoms with Gasteiger partial charge in [0, 0.05) is 5.02 Å². The highest BCUT2D eigenvalue weighted by Gasteiger charge is 2.07. The molecule has 1 heterocycles. The Morgan fingerprint density at radius 3 is 2.70 bits per heavy atom. The molecule has 102 valence electrons. The van der Waals surface area contributed by atoms with Crippen LogP contribution in [0.5, 0.6) is 0 Å². The highest BCUT2D eigenvalue weighted by atomic mass is 35.5. The SMILES string of the molecule is Fc1ccc(Cn2c(=S)[nH]c3cc(Cl)ccc32)cc1Cl. The summed E-state index contributed by atoms with van der Waals surface area (Å²) in [6.07, 6.45) is 0. The van der Waals surface area contributed by atoms with Crippen LogP contribution in [0.4, 0.5) is 4.39 Å². The highest BCUT2D eigenvalue weighted by Crippen LogP contribution is 2.22. The van der Waals surface area contributed by atoms with Gasteiger partial charge in [-0.1, -0.05) is 29.3 Å². The molecule has 3 rings (SSSR count). The first kappa shape index (κ1) is 13.6. The van der Waals surface area contributed by atoms with Crippen molar-refractivity contribution in [1.29, 1.82) is 0 Å². The molecule has 1 N–H and O–H groups in total. The van der Waals surface area contributed by atoms with E-state index in [1.165, 1.54) is 6.07 Å². The van der Waals surface area contributed by atoms with E-state index >= 15 is 0 Å². The van der Waals surface area contributed by atoms with Crippen LogP contribution in [0, 0.1) is 10.6 Å². The summed E-state index contributed by atoms with van der Waals surface area (Å²) in [5.41, 5.74) is 2.69. The molecule has 0 saturated carbocycles. The fourth-order valence-electron chi connectivity index (χ4n) is 2.11. The number of nitrogens with zero attached hydrogens (tertiary/aromatic N) is 1. The third-order valence-electron chi connectivity index (χ3n) is 3.06. The normalized spacial score (nSPS) is 11.2. The van der Waals surface area contributed by atoms with Crippen LogP contribution in [0.3, 0.4) is 0 Å². The van der Waals surface area contributed by atoms with E-state index in [9.17, 15) is 4.39 Å². The Balaban J connectivity index is 2.08. The van der Waals surface area contributed by atoms with Gasteiger partial charge in [0.1, 0.15) is 5.82 Å². The van der Waals surface area contributed by atoms with E-state index in [0.717, 1.165) is 16.6 Å². The zero-order valence-corrected chi connectivity index (χ0v) is 12.5. The van der Waals surface area contributed by atoms with Gasteiger partial charge in [-0.25, -0.2) is 4.39 Å². The van der Waals surface area contributed by atoms with Gasteiger partial charge in [0.15, 0.2) is 4.77 Å². The van der Waals surface area contributed by atoms with Crippen LogP contribution >= 0.6 is 35.4 Å². The summed E-state index contributed by atoms with van der Waals surface area (Å²) in [6.45, 7) is 0.514. The maximum absolute atomic E-state index is 13.2. The van der Waals surface area contributed by atoms with E-state index in [0.29, 0.717) is 16.3 Å². The average Bonchev–Trinajstić information content (AvgIpc) is 2.69. The molecular formula is C14H9Cl2FN2S. The van der Waals surface area contributed by atoms with Crippen LogP contribution in [0.2, 0.25) is 10.0 Å². The number of aromatic nitrogens is 2. The van der Waals surface area contributed by atoms with Crippen LogP contribution in [-0.2, 0) is 6.54 Å². The van der Waals surface area contributed by atoms with E-state index in [1.54, 1.807) is 18.2 Å². The Morgan fingerprint density at radius 1 is 1.15 bits per heavy atom. The average molecular weight is 327 g/mol. The lowest BCUT2D eigenvalue weighted by atomic mass is 10.2. The van der Waals surface area contributed by atoms with Gasteiger partial charge in [-0.15, -0.1) is 0 Å². The lowest BCUT2D eigenvalue weighted by Crippen LogP contribution is -2.00. The van der Waals surface area contributed by atoms with Crippen molar-refractivity contribution in [2.24, 2.45) is 0 Å². The number of benzene rings is 2. The second-order valence-electron chi connectivity index (χ2n) is 4.43. The molecule has 2 aromatic carbocycles. The van der Waals surface area contributed by atoms with Crippen LogP contribution in [0.15, 0.2) is 36.4 Å². The summed E-state index contributed by atoms with van der Waals surface area (Å²) in [7, 11) is 0. The Hall–Kier alpha value is -1.36. The molecule has 0 aliphatic heterocycles. The van der Waals surface area contributed by atoms with Crippen molar-refractivity contribution in [1.82, 2.24) is 9.55 Å². The molecule has 0 aliphatic rings. The van der Waals surface area contributed by atoms with Crippen LogP contribution in [0.1, 0.15) is 5.56 Å². The van der Waals surface area contributed by atoms with Crippen molar-refractivity contribution in [3.05, 3.63) is 62.6 Å². The minimum atomic E-state index is -0.426. The quantitative estimate of drug-likeness (QED) is 0.642. The first-order chi connectivity index (χ1) is 9.54. The highest BCUT2D eigenvalue weighted by molar-refractivity contribution is 7.71. The zero-order valence-electron chi connectivity index (χ0n) is 10.2. The van der Waals surface area contributed by atoms with Crippen LogP contribution < -0.4 is 0 Å². The number of imidazole rings is 1. The molecule has 0 aliphatic carbocycles. The summed E-state index contributed by atoms with van der Waals surface area (Å²) < 4.78 is 15.7. The second-order valence-corrected chi connectivity index (χ2v) is 5.66. The van der Waals surface area contributed by atoms with Gasteiger partial charge in [-0.2, -0.15) is 0 Å². The summed E-state index contributed by atoms with van der Waals surface area (Å²) in [5.74, 6) is -0.426. The summed E-state index contributed by atoms with van der Waals surface area (Å²) >= 11 is 17.1. The van der Waals surface area contributed by atoms with E-state index in [2.05, 4.69) is 4.98 Å². The second kappa shape index (κ2) is 5.20. The molecule has 1 aromatic heterocycles. The molecule has 3 aromatic rings. The first-order valence-corrected chi connectivity index (χ1v) is 7.03. The minimum Gasteiger partial charge on any atom is -0.331 e. The molecule has 0 amide bonds. The lowest BCUT2D eigenvalue weighted by Gasteiger charge is -2.06. The standard InChI is InChI=1S/C14H9Cl2FN2S/c15-9-2-4-13-12(6-9)18-14(20)19(13)7-8-1-3-11(17)10(16)5-8/h1-6H,7H2,(H,18,20). The van der Waals surface area contributed by atoms with Gasteiger partial charge in [0.2, 0.25) is 0 Å². The molecule has 0 atom stereocenters. The summed E-state index contributed by atoms with van der Waals surface area (Å²) in [5, 5.41) is 0.752. The smallest absolute Gasteiger partial charge is 0.178 e. The number of halogens is 3. The number of rotatable bonds is 2. The van der Waals surface area contributed by atoms with E-state index in [1.807, 2.05) is 16.7 Å². The topological polar surface area (TPSA) is 20.7 Å². The fourth-order valence-corrected chi connectivity index (χ4v) is 2.76. The molecule has 0 radical (unpaired) electrons. The maximum Gasteiger partial charge on any atom is 0.178 e. The largest absolute Gasteiger partial charge is 0.331 e. The monoisotopic (exact) mass is 326 g/mol. The Bertz CT molecular complexity index is 854. The van der Waals surface area contributed by atoms with Gasteiger partial charge < -0.3 is 9.55 Å². The number of aromatic amines is 1. The Kier molecular flexibility index (Phi) is 3.54. The molecule has 0 unspecified atom stereocenters. The number of hydrogen-bond acceptors (Lipinski definition) is 1. The maximum atomic E-state index is 13.2. The van der Waals surface area contributed by atoms with E-state index in [4.69, 9.17) is 35.4 Å². The molecule has 0 fully saturated rings. The van der Waals surface area contributed by atoms with Gasteiger partial charge in [-0.3, -0.25) is 0 Å². The van der Waals surface area contributed by atoms with Crippen molar-refractivity contribution in [2.45, 2.75) is 6.54 Å². The number of nitrogens with one attached hydrogen (secondary N) is 1. The molecular weight excluding hydrogens is 318 g/mol. The van der Waals surface area contributed by atoms with Gasteiger partial charge in [0.25, 0.3) is 0 Å². The van der Waals surface area contributed by atoms with Crippen molar-refractivity contribution >= 4 is 46.5 Å². The van der Waals surface area contributed by atoms with Gasteiger partial charge in [-0.05, 0) is 48.1 Å².